The van der Waals surface area contributed by atoms with Gasteiger partial charge in [0, 0.05) is 10.6 Å². The van der Waals surface area contributed by atoms with E-state index in [1.807, 2.05) is 0 Å². The summed E-state index contributed by atoms with van der Waals surface area (Å²) in [6, 6.07) is 3.22. The molecule has 0 saturated carbocycles. The Morgan fingerprint density at radius 1 is 1.41 bits per heavy atom. The molecule has 0 aromatic heterocycles. The smallest absolute Gasteiger partial charge is 0.325 e. The number of nitrogens with zero attached hydrogens (tertiary/aromatic N) is 1. The molecule has 1 aromatic carbocycles. The second-order valence-electron chi connectivity index (χ2n) is 4.15. The zero-order valence-corrected chi connectivity index (χ0v) is 9.95. The number of carboxylic acid groups (broad SMARTS) is 1. The van der Waals surface area contributed by atoms with Crippen molar-refractivity contribution in [2.75, 3.05) is 13.1 Å². The van der Waals surface area contributed by atoms with Gasteiger partial charge in [-0.2, -0.15) is 0 Å². The summed E-state index contributed by atoms with van der Waals surface area (Å²) in [5.41, 5.74) is 0.184. The van der Waals surface area contributed by atoms with E-state index in [1.54, 1.807) is 4.90 Å². The van der Waals surface area contributed by atoms with Crippen molar-refractivity contribution in [2.45, 2.75) is 18.9 Å². The standard InChI is InChI=1S/C12H13ClFNO2/c13-8-3-4-9(10(14)7-8)11(12(16)17)15-5-1-2-6-15/h3-4,7,11H,1-2,5-6H2,(H,16,17). The summed E-state index contributed by atoms with van der Waals surface area (Å²) in [5, 5.41) is 9.51. The van der Waals surface area contributed by atoms with Crippen molar-refractivity contribution >= 4 is 17.6 Å². The SMILES string of the molecule is O=C(O)C(c1ccc(Cl)cc1F)N1CCCC1. The van der Waals surface area contributed by atoms with E-state index in [0.717, 1.165) is 18.9 Å². The Kier molecular flexibility index (Phi) is 3.64. The molecule has 1 N–H and O–H groups in total. The average Bonchev–Trinajstić information content (AvgIpc) is 2.74. The number of benzene rings is 1. The number of aliphatic carboxylic acids is 1. The third kappa shape index (κ3) is 2.58. The number of carboxylic acids is 1. The lowest BCUT2D eigenvalue weighted by molar-refractivity contribution is -0.143. The van der Waals surface area contributed by atoms with Gasteiger partial charge in [-0.3, -0.25) is 9.69 Å². The zero-order valence-electron chi connectivity index (χ0n) is 9.20. The van der Waals surface area contributed by atoms with Crippen molar-refractivity contribution in [3.8, 4) is 0 Å². The lowest BCUT2D eigenvalue weighted by Gasteiger charge is -2.24. The highest BCUT2D eigenvalue weighted by Gasteiger charge is 2.31. The Hall–Kier alpha value is -1.13. The van der Waals surface area contributed by atoms with Gasteiger partial charge in [-0.25, -0.2) is 4.39 Å². The van der Waals surface area contributed by atoms with E-state index in [0.29, 0.717) is 13.1 Å². The van der Waals surface area contributed by atoms with E-state index < -0.39 is 17.8 Å². The molecule has 1 aromatic rings. The first kappa shape index (κ1) is 12.3. The van der Waals surface area contributed by atoms with Crippen LogP contribution in [0.1, 0.15) is 24.4 Å². The average molecular weight is 258 g/mol. The fraction of sp³-hybridized carbons (Fsp3) is 0.417. The Bertz CT molecular complexity index is 433. The normalized spacial score (nSPS) is 18.2. The summed E-state index contributed by atoms with van der Waals surface area (Å²) in [7, 11) is 0. The molecule has 3 nitrogen and oxygen atoms in total. The molecule has 1 heterocycles. The number of halogens is 2. The number of rotatable bonds is 3. The van der Waals surface area contributed by atoms with Crippen LogP contribution in [0, 0.1) is 5.82 Å². The molecule has 0 amide bonds. The van der Waals surface area contributed by atoms with Gasteiger partial charge in [-0.15, -0.1) is 0 Å². The summed E-state index contributed by atoms with van der Waals surface area (Å²) in [5.74, 6) is -1.58. The maximum Gasteiger partial charge on any atom is 0.325 e. The summed E-state index contributed by atoms with van der Waals surface area (Å²) in [6.07, 6.45) is 1.91. The molecule has 0 radical (unpaired) electrons. The van der Waals surface area contributed by atoms with Gasteiger partial charge in [0.2, 0.25) is 0 Å². The quantitative estimate of drug-likeness (QED) is 0.905. The molecule has 1 aliphatic rings. The molecular formula is C12H13ClFNO2. The second-order valence-corrected chi connectivity index (χ2v) is 4.59. The van der Waals surface area contributed by atoms with Crippen molar-refractivity contribution in [1.29, 1.82) is 0 Å². The molecule has 2 rings (SSSR count). The van der Waals surface area contributed by atoms with Gasteiger partial charge < -0.3 is 5.11 Å². The van der Waals surface area contributed by atoms with Crippen LogP contribution in [0.25, 0.3) is 0 Å². The lowest BCUT2D eigenvalue weighted by Crippen LogP contribution is -2.32. The van der Waals surface area contributed by atoms with Crippen molar-refractivity contribution in [2.24, 2.45) is 0 Å². The second kappa shape index (κ2) is 5.02. The van der Waals surface area contributed by atoms with Crippen molar-refractivity contribution in [3.63, 3.8) is 0 Å². The minimum atomic E-state index is -1.02. The van der Waals surface area contributed by atoms with Crippen molar-refractivity contribution in [1.82, 2.24) is 4.90 Å². The molecule has 5 heteroatoms. The maximum atomic E-state index is 13.7. The first-order chi connectivity index (χ1) is 8.09. The topological polar surface area (TPSA) is 40.5 Å². The predicted octanol–water partition coefficient (Wildman–Crippen LogP) is 2.70. The molecule has 17 heavy (non-hydrogen) atoms. The molecule has 1 atom stereocenters. The fourth-order valence-corrected chi connectivity index (χ4v) is 2.37. The third-order valence-electron chi connectivity index (χ3n) is 3.00. The predicted molar refractivity (Wildman–Crippen MR) is 62.6 cm³/mol. The molecule has 0 bridgehead atoms. The van der Waals surface area contributed by atoms with Crippen LogP contribution in [0.15, 0.2) is 18.2 Å². The first-order valence-corrected chi connectivity index (χ1v) is 5.89. The summed E-state index contributed by atoms with van der Waals surface area (Å²) in [6.45, 7) is 1.39. The molecular weight excluding hydrogens is 245 g/mol. The van der Waals surface area contributed by atoms with Crippen LogP contribution in [0.2, 0.25) is 5.02 Å². The van der Waals surface area contributed by atoms with Gasteiger partial charge >= 0.3 is 5.97 Å². The molecule has 0 spiro atoms. The number of likely N-dealkylation sites (tertiary alicyclic amines) is 1. The van der Waals surface area contributed by atoms with Crippen LogP contribution in [0.3, 0.4) is 0 Å². The minimum Gasteiger partial charge on any atom is -0.480 e. The molecule has 0 aliphatic carbocycles. The number of hydrogen-bond donors (Lipinski definition) is 1. The molecule has 1 unspecified atom stereocenters. The van der Waals surface area contributed by atoms with Gasteiger partial charge in [0.05, 0.1) is 0 Å². The van der Waals surface area contributed by atoms with Gasteiger partial charge in [-0.05, 0) is 38.1 Å². The van der Waals surface area contributed by atoms with E-state index in [-0.39, 0.29) is 10.6 Å². The van der Waals surface area contributed by atoms with Crippen LogP contribution in [0.4, 0.5) is 4.39 Å². The largest absolute Gasteiger partial charge is 0.480 e. The van der Waals surface area contributed by atoms with Crippen molar-refractivity contribution in [3.05, 3.63) is 34.6 Å². The van der Waals surface area contributed by atoms with Crippen LogP contribution in [-0.2, 0) is 4.79 Å². The highest BCUT2D eigenvalue weighted by atomic mass is 35.5. The van der Waals surface area contributed by atoms with Crippen LogP contribution >= 0.6 is 11.6 Å². The monoisotopic (exact) mass is 257 g/mol. The maximum absolute atomic E-state index is 13.7. The van der Waals surface area contributed by atoms with Gasteiger partial charge in [-0.1, -0.05) is 17.7 Å². The van der Waals surface area contributed by atoms with E-state index in [4.69, 9.17) is 11.6 Å². The number of carbonyl (C=O) groups is 1. The minimum absolute atomic E-state index is 0.184. The van der Waals surface area contributed by atoms with Gasteiger partial charge in [0.15, 0.2) is 0 Å². The van der Waals surface area contributed by atoms with E-state index >= 15 is 0 Å². The highest BCUT2D eigenvalue weighted by molar-refractivity contribution is 6.30. The zero-order chi connectivity index (χ0) is 12.4. The fourth-order valence-electron chi connectivity index (χ4n) is 2.21. The first-order valence-electron chi connectivity index (χ1n) is 5.51. The Morgan fingerprint density at radius 3 is 2.59 bits per heavy atom. The van der Waals surface area contributed by atoms with Gasteiger partial charge in [0.25, 0.3) is 0 Å². The molecule has 1 aliphatic heterocycles. The molecule has 1 saturated heterocycles. The Morgan fingerprint density at radius 2 is 2.06 bits per heavy atom. The molecule has 92 valence electrons. The molecule has 1 fully saturated rings. The summed E-state index contributed by atoms with van der Waals surface area (Å²) < 4.78 is 13.7. The highest BCUT2D eigenvalue weighted by Crippen LogP contribution is 2.28. The van der Waals surface area contributed by atoms with Crippen LogP contribution < -0.4 is 0 Å². The van der Waals surface area contributed by atoms with Crippen molar-refractivity contribution < 1.29 is 14.3 Å². The van der Waals surface area contributed by atoms with E-state index in [2.05, 4.69) is 0 Å². The summed E-state index contributed by atoms with van der Waals surface area (Å²) >= 11 is 5.66. The van der Waals surface area contributed by atoms with Crippen LogP contribution in [0.5, 0.6) is 0 Å². The lowest BCUT2D eigenvalue weighted by atomic mass is 10.1. The Balaban J connectivity index is 2.35. The Labute approximate surface area is 104 Å². The van der Waals surface area contributed by atoms with E-state index in [1.165, 1.54) is 12.1 Å². The van der Waals surface area contributed by atoms with Crippen LogP contribution in [-0.4, -0.2) is 29.1 Å². The van der Waals surface area contributed by atoms with Gasteiger partial charge in [0.1, 0.15) is 11.9 Å². The third-order valence-corrected chi connectivity index (χ3v) is 3.23. The van der Waals surface area contributed by atoms with E-state index in [9.17, 15) is 14.3 Å². The number of hydrogen-bond acceptors (Lipinski definition) is 2. The summed E-state index contributed by atoms with van der Waals surface area (Å²) in [4.78, 5) is 13.1.